The zero-order chi connectivity index (χ0) is 8.10. The molecule has 11 heavy (non-hydrogen) atoms. The smallest absolute Gasteiger partial charge is 0.0586 e. The molecule has 1 heterocycles. The Balaban J connectivity index is 2.30. The number of thioether (sulfide) groups is 1. The lowest BCUT2D eigenvalue weighted by molar-refractivity contribution is 0.129. The zero-order valence-corrected chi connectivity index (χ0v) is 7.94. The number of rotatable bonds is 3. The fourth-order valence-corrected chi connectivity index (χ4v) is 2.38. The fraction of sp³-hybridized carbons (Fsp3) is 1.00. The van der Waals surface area contributed by atoms with Crippen LogP contribution in [-0.2, 0) is 0 Å². The Morgan fingerprint density at radius 2 is 2.09 bits per heavy atom. The highest BCUT2D eigenvalue weighted by Gasteiger charge is 2.17. The van der Waals surface area contributed by atoms with Crippen LogP contribution in [0.3, 0.4) is 0 Å². The second-order valence-electron chi connectivity index (χ2n) is 2.89. The number of nitrogens with zero attached hydrogens (tertiary/aromatic N) is 1. The molecule has 1 fully saturated rings. The van der Waals surface area contributed by atoms with Crippen molar-refractivity contribution in [3.05, 3.63) is 0 Å². The highest BCUT2D eigenvalue weighted by Crippen LogP contribution is 2.13. The van der Waals surface area contributed by atoms with Crippen LogP contribution in [0, 0.1) is 0 Å². The van der Waals surface area contributed by atoms with Crippen LogP contribution < -0.4 is 0 Å². The summed E-state index contributed by atoms with van der Waals surface area (Å²) in [6.45, 7) is 4.78. The summed E-state index contributed by atoms with van der Waals surface area (Å²) in [5.74, 6) is 2.47. The molecule has 1 unspecified atom stereocenters. The van der Waals surface area contributed by atoms with Crippen molar-refractivity contribution in [3.63, 3.8) is 0 Å². The van der Waals surface area contributed by atoms with Crippen molar-refractivity contribution in [1.29, 1.82) is 0 Å². The van der Waals surface area contributed by atoms with E-state index in [2.05, 4.69) is 11.8 Å². The molecule has 1 N–H and O–H groups in total. The van der Waals surface area contributed by atoms with Crippen LogP contribution in [0.4, 0.5) is 0 Å². The summed E-state index contributed by atoms with van der Waals surface area (Å²) in [6, 6.07) is 0.413. The van der Waals surface area contributed by atoms with Crippen LogP contribution in [0.15, 0.2) is 0 Å². The van der Waals surface area contributed by atoms with Crippen LogP contribution in [0.1, 0.15) is 13.3 Å². The summed E-state index contributed by atoms with van der Waals surface area (Å²) in [5, 5.41) is 9.03. The fourth-order valence-electron chi connectivity index (χ4n) is 1.45. The summed E-state index contributed by atoms with van der Waals surface area (Å²) < 4.78 is 0. The number of hydrogen-bond acceptors (Lipinski definition) is 3. The predicted octanol–water partition coefficient (Wildman–Crippen LogP) is 0.806. The second kappa shape index (κ2) is 5.01. The number of hydrogen-bond donors (Lipinski definition) is 1. The lowest BCUT2D eigenvalue weighted by Gasteiger charge is -2.32. The third-order valence-corrected chi connectivity index (χ3v) is 3.19. The molecule has 0 radical (unpaired) electrons. The van der Waals surface area contributed by atoms with Gasteiger partial charge in [0, 0.05) is 30.6 Å². The van der Waals surface area contributed by atoms with Crippen LogP contribution >= 0.6 is 11.8 Å². The first kappa shape index (κ1) is 9.36. The topological polar surface area (TPSA) is 23.5 Å². The van der Waals surface area contributed by atoms with Gasteiger partial charge in [0.2, 0.25) is 0 Å². The Labute approximate surface area is 73.0 Å². The maximum absolute atomic E-state index is 9.03. The van der Waals surface area contributed by atoms with Gasteiger partial charge in [0.25, 0.3) is 0 Å². The highest BCUT2D eigenvalue weighted by atomic mass is 32.2. The largest absolute Gasteiger partial charge is 0.395 e. The molecule has 0 saturated carbocycles. The summed E-state index contributed by atoms with van der Waals surface area (Å²) in [6.07, 6.45) is 1.07. The summed E-state index contributed by atoms with van der Waals surface area (Å²) in [4.78, 5) is 2.40. The van der Waals surface area contributed by atoms with Crippen LogP contribution in [0.25, 0.3) is 0 Å². The third-order valence-electron chi connectivity index (χ3n) is 2.24. The van der Waals surface area contributed by atoms with Gasteiger partial charge in [-0.1, -0.05) is 6.92 Å². The van der Waals surface area contributed by atoms with Gasteiger partial charge in [-0.2, -0.15) is 11.8 Å². The molecule has 0 aromatic rings. The van der Waals surface area contributed by atoms with Crippen molar-refractivity contribution in [2.24, 2.45) is 0 Å². The Bertz CT molecular complexity index is 100. The quantitative estimate of drug-likeness (QED) is 0.686. The molecule has 1 rings (SSSR count). The molecular weight excluding hydrogens is 158 g/mol. The standard InChI is InChI=1S/C8H17NOS/c1-2-8(7-10)9-3-5-11-6-4-9/h8,10H,2-7H2,1H3. The van der Waals surface area contributed by atoms with Gasteiger partial charge in [0.15, 0.2) is 0 Å². The first-order valence-electron chi connectivity index (χ1n) is 4.31. The van der Waals surface area contributed by atoms with Gasteiger partial charge in [-0.25, -0.2) is 0 Å². The van der Waals surface area contributed by atoms with E-state index >= 15 is 0 Å². The van der Waals surface area contributed by atoms with Crippen LogP contribution in [0.2, 0.25) is 0 Å². The first-order chi connectivity index (χ1) is 5.38. The average molecular weight is 175 g/mol. The Morgan fingerprint density at radius 3 is 2.55 bits per heavy atom. The van der Waals surface area contributed by atoms with Crippen LogP contribution in [0.5, 0.6) is 0 Å². The van der Waals surface area contributed by atoms with Gasteiger partial charge in [-0.3, -0.25) is 4.90 Å². The van der Waals surface area contributed by atoms with E-state index in [9.17, 15) is 0 Å². The summed E-state index contributed by atoms with van der Waals surface area (Å²) >= 11 is 2.01. The Hall–Kier alpha value is 0.270. The maximum Gasteiger partial charge on any atom is 0.0586 e. The SMILES string of the molecule is CCC(CO)N1CCSCC1. The van der Waals surface area contributed by atoms with E-state index in [1.54, 1.807) is 0 Å². The molecule has 66 valence electrons. The van der Waals surface area contributed by atoms with Crippen molar-refractivity contribution in [2.75, 3.05) is 31.2 Å². The van der Waals surface area contributed by atoms with Crippen molar-refractivity contribution < 1.29 is 5.11 Å². The van der Waals surface area contributed by atoms with Gasteiger partial charge in [0.05, 0.1) is 6.61 Å². The van der Waals surface area contributed by atoms with E-state index < -0.39 is 0 Å². The first-order valence-corrected chi connectivity index (χ1v) is 5.46. The van der Waals surface area contributed by atoms with E-state index in [0.29, 0.717) is 12.6 Å². The van der Waals surface area contributed by atoms with Gasteiger partial charge in [-0.15, -0.1) is 0 Å². The Morgan fingerprint density at radius 1 is 1.45 bits per heavy atom. The molecule has 0 spiro atoms. The molecule has 0 amide bonds. The molecule has 0 aliphatic carbocycles. The summed E-state index contributed by atoms with van der Waals surface area (Å²) in [5.41, 5.74) is 0. The molecule has 1 saturated heterocycles. The van der Waals surface area contributed by atoms with Crippen molar-refractivity contribution in [2.45, 2.75) is 19.4 Å². The predicted molar refractivity (Wildman–Crippen MR) is 50.1 cm³/mol. The molecule has 0 aromatic heterocycles. The lowest BCUT2D eigenvalue weighted by atomic mass is 10.2. The van der Waals surface area contributed by atoms with Crippen molar-refractivity contribution in [1.82, 2.24) is 4.90 Å². The summed E-state index contributed by atoms with van der Waals surface area (Å²) in [7, 11) is 0. The minimum absolute atomic E-state index is 0.321. The third kappa shape index (κ3) is 2.65. The normalized spacial score (nSPS) is 23.5. The number of aliphatic hydroxyl groups is 1. The highest BCUT2D eigenvalue weighted by molar-refractivity contribution is 7.99. The molecule has 3 heteroatoms. The van der Waals surface area contributed by atoms with Crippen molar-refractivity contribution >= 4 is 11.8 Å². The molecule has 2 nitrogen and oxygen atoms in total. The molecular formula is C8H17NOS. The number of aliphatic hydroxyl groups excluding tert-OH is 1. The van der Waals surface area contributed by atoms with Gasteiger partial charge < -0.3 is 5.11 Å². The molecule has 1 aliphatic heterocycles. The van der Waals surface area contributed by atoms with Gasteiger partial charge >= 0.3 is 0 Å². The van der Waals surface area contributed by atoms with E-state index in [1.807, 2.05) is 11.8 Å². The molecule has 1 atom stereocenters. The minimum Gasteiger partial charge on any atom is -0.395 e. The van der Waals surface area contributed by atoms with E-state index in [-0.39, 0.29) is 0 Å². The molecule has 0 aromatic carbocycles. The Kier molecular flexibility index (Phi) is 4.26. The average Bonchev–Trinajstić information content (AvgIpc) is 2.09. The van der Waals surface area contributed by atoms with Crippen molar-refractivity contribution in [3.8, 4) is 0 Å². The maximum atomic E-state index is 9.03. The van der Waals surface area contributed by atoms with E-state index in [1.165, 1.54) is 11.5 Å². The minimum atomic E-state index is 0.321. The molecule has 0 bridgehead atoms. The second-order valence-corrected chi connectivity index (χ2v) is 4.12. The van der Waals surface area contributed by atoms with E-state index in [4.69, 9.17) is 5.11 Å². The van der Waals surface area contributed by atoms with Crippen LogP contribution in [-0.4, -0.2) is 47.3 Å². The molecule has 1 aliphatic rings. The lowest BCUT2D eigenvalue weighted by Crippen LogP contribution is -2.42. The monoisotopic (exact) mass is 175 g/mol. The van der Waals surface area contributed by atoms with E-state index in [0.717, 1.165) is 19.5 Å². The van der Waals surface area contributed by atoms with Gasteiger partial charge in [0.1, 0.15) is 0 Å². The van der Waals surface area contributed by atoms with Gasteiger partial charge in [-0.05, 0) is 6.42 Å². The zero-order valence-electron chi connectivity index (χ0n) is 7.12.